The van der Waals surface area contributed by atoms with Gasteiger partial charge in [0, 0.05) is 12.0 Å². The van der Waals surface area contributed by atoms with Crippen LogP contribution in [0.15, 0.2) is 24.3 Å². The molecule has 0 spiro atoms. The van der Waals surface area contributed by atoms with Crippen LogP contribution in [0, 0.1) is 5.92 Å². The third-order valence-corrected chi connectivity index (χ3v) is 3.86. The van der Waals surface area contributed by atoms with Crippen LogP contribution in [0.5, 0.6) is 5.75 Å². The first-order chi connectivity index (χ1) is 7.76. The van der Waals surface area contributed by atoms with E-state index in [1.807, 2.05) is 13.1 Å². The van der Waals surface area contributed by atoms with Gasteiger partial charge in [-0.15, -0.1) is 0 Å². The molecule has 2 heteroatoms. The summed E-state index contributed by atoms with van der Waals surface area (Å²) in [6.07, 6.45) is 2.57. The smallest absolute Gasteiger partial charge is 0.119 e. The van der Waals surface area contributed by atoms with Crippen molar-refractivity contribution in [1.29, 1.82) is 0 Å². The molecule has 0 aromatic heterocycles. The van der Waals surface area contributed by atoms with Crippen LogP contribution in [-0.4, -0.2) is 20.7 Å². The Morgan fingerprint density at radius 3 is 2.88 bits per heavy atom. The lowest BCUT2D eigenvalue weighted by atomic mass is 9.92. The molecule has 0 heterocycles. The van der Waals surface area contributed by atoms with Crippen molar-refractivity contribution in [2.24, 2.45) is 5.92 Å². The number of benzene rings is 1. The van der Waals surface area contributed by atoms with Crippen LogP contribution in [0.3, 0.4) is 0 Å². The Hall–Kier alpha value is -1.02. The van der Waals surface area contributed by atoms with Gasteiger partial charge in [-0.2, -0.15) is 0 Å². The maximum atomic E-state index is 5.30. The van der Waals surface area contributed by atoms with Crippen molar-refractivity contribution in [3.05, 3.63) is 29.8 Å². The quantitative estimate of drug-likeness (QED) is 0.822. The molecule has 0 aliphatic heterocycles. The summed E-state index contributed by atoms with van der Waals surface area (Å²) in [4.78, 5) is 0. The predicted octanol–water partition coefficient (Wildman–Crippen LogP) is 2.58. The van der Waals surface area contributed by atoms with Gasteiger partial charge in [-0.3, -0.25) is 0 Å². The number of hydrogen-bond acceptors (Lipinski definition) is 2. The first-order valence-electron chi connectivity index (χ1n) is 6.06. The zero-order valence-corrected chi connectivity index (χ0v) is 10.4. The largest absolute Gasteiger partial charge is 0.497 e. The lowest BCUT2D eigenvalue weighted by molar-refractivity contribution is 0.413. The second kappa shape index (κ2) is 4.46. The van der Waals surface area contributed by atoms with Crippen molar-refractivity contribution >= 4 is 0 Å². The molecule has 88 valence electrons. The molecule has 1 aromatic carbocycles. The summed E-state index contributed by atoms with van der Waals surface area (Å²) in [6, 6.07) is 8.53. The molecular formula is C14H21NO. The highest BCUT2D eigenvalue weighted by Gasteiger charge is 2.53. The molecule has 0 saturated heterocycles. The lowest BCUT2D eigenvalue weighted by Gasteiger charge is -2.18. The molecular weight excluding hydrogens is 198 g/mol. The molecule has 1 saturated carbocycles. The Kier molecular flexibility index (Phi) is 3.20. The molecule has 2 atom stereocenters. The van der Waals surface area contributed by atoms with Gasteiger partial charge in [0.15, 0.2) is 0 Å². The third kappa shape index (κ3) is 1.82. The molecule has 1 aliphatic carbocycles. The number of nitrogens with one attached hydrogen (secondary N) is 1. The fourth-order valence-electron chi connectivity index (χ4n) is 2.84. The van der Waals surface area contributed by atoms with Gasteiger partial charge in [-0.25, -0.2) is 0 Å². The van der Waals surface area contributed by atoms with Crippen LogP contribution in [0.1, 0.15) is 25.3 Å². The zero-order valence-electron chi connectivity index (χ0n) is 10.4. The van der Waals surface area contributed by atoms with Gasteiger partial charge in [0.25, 0.3) is 0 Å². The second-order valence-corrected chi connectivity index (χ2v) is 4.73. The highest BCUT2D eigenvalue weighted by molar-refractivity contribution is 5.39. The van der Waals surface area contributed by atoms with Crippen LogP contribution >= 0.6 is 0 Å². The van der Waals surface area contributed by atoms with Gasteiger partial charge >= 0.3 is 0 Å². The number of ether oxygens (including phenoxy) is 1. The topological polar surface area (TPSA) is 21.3 Å². The van der Waals surface area contributed by atoms with Gasteiger partial charge in [0.2, 0.25) is 0 Å². The summed E-state index contributed by atoms with van der Waals surface area (Å²) in [5.74, 6) is 1.79. The number of hydrogen-bond donors (Lipinski definition) is 1. The van der Waals surface area contributed by atoms with E-state index >= 15 is 0 Å². The molecule has 2 nitrogen and oxygen atoms in total. The summed E-state index contributed by atoms with van der Waals surface area (Å²) in [6.45, 7) is 3.35. The SMILES string of the molecule is CCC1CC1(CNC)c1cccc(OC)c1. The maximum absolute atomic E-state index is 5.30. The monoisotopic (exact) mass is 219 g/mol. The molecule has 0 bridgehead atoms. The van der Waals surface area contributed by atoms with Crippen LogP contribution in [0.2, 0.25) is 0 Å². The van der Waals surface area contributed by atoms with E-state index < -0.39 is 0 Å². The Morgan fingerprint density at radius 1 is 1.50 bits per heavy atom. The third-order valence-electron chi connectivity index (χ3n) is 3.86. The highest BCUT2D eigenvalue weighted by atomic mass is 16.5. The molecule has 1 aromatic rings. The summed E-state index contributed by atoms with van der Waals surface area (Å²) in [5.41, 5.74) is 1.78. The van der Waals surface area contributed by atoms with E-state index in [0.717, 1.165) is 18.2 Å². The molecule has 1 fully saturated rings. The minimum absolute atomic E-state index is 0.359. The van der Waals surface area contributed by atoms with Crippen LogP contribution in [0.4, 0.5) is 0 Å². The van der Waals surface area contributed by atoms with Crippen molar-refractivity contribution in [3.63, 3.8) is 0 Å². The van der Waals surface area contributed by atoms with E-state index in [1.54, 1.807) is 7.11 Å². The standard InChI is InChI=1S/C14H21NO/c1-4-11-9-14(11,10-15-2)12-6-5-7-13(8-12)16-3/h5-8,11,15H,4,9-10H2,1-3H3. The summed E-state index contributed by atoms with van der Waals surface area (Å²) in [7, 11) is 3.76. The first-order valence-corrected chi connectivity index (χ1v) is 6.06. The number of rotatable bonds is 5. The lowest BCUT2D eigenvalue weighted by Crippen LogP contribution is -2.25. The Balaban J connectivity index is 2.26. The Labute approximate surface area is 98.0 Å². The molecule has 2 unspecified atom stereocenters. The maximum Gasteiger partial charge on any atom is 0.119 e. The van der Waals surface area contributed by atoms with Gasteiger partial charge in [0.05, 0.1) is 7.11 Å². The molecule has 1 aliphatic rings. The minimum atomic E-state index is 0.359. The van der Waals surface area contributed by atoms with Crippen molar-refractivity contribution in [3.8, 4) is 5.75 Å². The number of methoxy groups -OCH3 is 1. The van der Waals surface area contributed by atoms with Crippen molar-refractivity contribution in [2.45, 2.75) is 25.2 Å². The van der Waals surface area contributed by atoms with E-state index in [0.29, 0.717) is 5.41 Å². The van der Waals surface area contributed by atoms with Crippen molar-refractivity contribution < 1.29 is 4.74 Å². The average Bonchev–Trinajstić information content (AvgIpc) is 3.05. The Bertz CT molecular complexity index is 364. The van der Waals surface area contributed by atoms with Crippen molar-refractivity contribution in [2.75, 3.05) is 20.7 Å². The second-order valence-electron chi connectivity index (χ2n) is 4.73. The van der Waals surface area contributed by atoms with Crippen LogP contribution in [-0.2, 0) is 5.41 Å². The summed E-state index contributed by atoms with van der Waals surface area (Å²) in [5, 5.41) is 3.33. The molecule has 16 heavy (non-hydrogen) atoms. The fraction of sp³-hybridized carbons (Fsp3) is 0.571. The van der Waals surface area contributed by atoms with Gasteiger partial charge < -0.3 is 10.1 Å². The first kappa shape index (κ1) is 11.5. The molecule has 0 amide bonds. The summed E-state index contributed by atoms with van der Waals surface area (Å²) >= 11 is 0. The fourth-order valence-corrected chi connectivity index (χ4v) is 2.84. The normalized spacial score (nSPS) is 27.8. The minimum Gasteiger partial charge on any atom is -0.497 e. The predicted molar refractivity (Wildman–Crippen MR) is 67.0 cm³/mol. The van der Waals surface area contributed by atoms with Crippen molar-refractivity contribution in [1.82, 2.24) is 5.32 Å². The number of likely N-dealkylation sites (N-methyl/N-ethyl adjacent to an activating group) is 1. The van der Waals surface area contributed by atoms with Crippen LogP contribution < -0.4 is 10.1 Å². The highest BCUT2D eigenvalue weighted by Crippen LogP contribution is 2.55. The van der Waals surface area contributed by atoms with Crippen LogP contribution in [0.25, 0.3) is 0 Å². The Morgan fingerprint density at radius 2 is 2.31 bits per heavy atom. The zero-order chi connectivity index (χ0) is 11.6. The van der Waals surface area contributed by atoms with Gasteiger partial charge in [0.1, 0.15) is 5.75 Å². The molecule has 2 rings (SSSR count). The van der Waals surface area contributed by atoms with E-state index in [-0.39, 0.29) is 0 Å². The molecule has 0 radical (unpaired) electrons. The van der Waals surface area contributed by atoms with Gasteiger partial charge in [-0.05, 0) is 37.1 Å². The van der Waals surface area contributed by atoms with E-state index in [2.05, 4.69) is 30.4 Å². The molecule has 1 N–H and O–H groups in total. The average molecular weight is 219 g/mol. The summed E-state index contributed by atoms with van der Waals surface area (Å²) < 4.78 is 5.30. The van der Waals surface area contributed by atoms with E-state index in [1.165, 1.54) is 18.4 Å². The van der Waals surface area contributed by atoms with E-state index in [9.17, 15) is 0 Å². The van der Waals surface area contributed by atoms with Gasteiger partial charge in [-0.1, -0.05) is 25.5 Å². The van der Waals surface area contributed by atoms with E-state index in [4.69, 9.17) is 4.74 Å².